The lowest BCUT2D eigenvalue weighted by Gasteiger charge is -2.33. The van der Waals surface area contributed by atoms with Crippen LogP contribution in [0, 0.1) is 0 Å². The molecule has 2 aliphatic heterocycles. The van der Waals surface area contributed by atoms with Gasteiger partial charge in [0.25, 0.3) is 0 Å². The van der Waals surface area contributed by atoms with Crippen LogP contribution in [0.3, 0.4) is 0 Å². The summed E-state index contributed by atoms with van der Waals surface area (Å²) < 4.78 is 22.7. The number of benzene rings is 8. The zero-order valence-electron chi connectivity index (χ0n) is 28.4. The van der Waals surface area contributed by atoms with Crippen molar-refractivity contribution in [2.75, 3.05) is 0 Å². The second-order valence-corrected chi connectivity index (χ2v) is 13.9. The molecule has 0 unspecified atom stereocenters. The van der Waals surface area contributed by atoms with Crippen LogP contribution in [0.25, 0.3) is 82.8 Å². The first-order valence-corrected chi connectivity index (χ1v) is 18.0. The van der Waals surface area contributed by atoms with Gasteiger partial charge in [-0.2, -0.15) is 0 Å². The number of aromatic nitrogens is 1. The van der Waals surface area contributed by atoms with E-state index in [0.717, 1.165) is 89.2 Å². The van der Waals surface area contributed by atoms with Crippen LogP contribution in [-0.2, 0) is 0 Å². The number of rotatable bonds is 3. The van der Waals surface area contributed by atoms with Gasteiger partial charge in [-0.15, -0.1) is 0 Å². The zero-order valence-corrected chi connectivity index (χ0v) is 28.4. The van der Waals surface area contributed by atoms with Gasteiger partial charge < -0.3 is 18.4 Å². The Morgan fingerprint density at radius 1 is 0.434 bits per heavy atom. The molecule has 0 atom stereocenters. The molecule has 2 aliphatic rings. The van der Waals surface area contributed by atoms with Gasteiger partial charge in [0.05, 0.1) is 11.0 Å². The molecule has 5 heteroatoms. The summed E-state index contributed by atoms with van der Waals surface area (Å²) in [4.78, 5) is 0. The van der Waals surface area contributed by atoms with Crippen LogP contribution in [0.4, 0.5) is 0 Å². The Labute approximate surface area is 305 Å². The van der Waals surface area contributed by atoms with E-state index in [-0.39, 0.29) is 6.92 Å². The lowest BCUT2D eigenvalue weighted by atomic mass is 9.50. The highest BCUT2D eigenvalue weighted by molar-refractivity contribution is 6.84. The fraction of sp³-hybridized carbons (Fsp3) is 0. The summed E-state index contributed by atoms with van der Waals surface area (Å²) >= 11 is 0. The first-order valence-electron chi connectivity index (χ1n) is 18.0. The second-order valence-electron chi connectivity index (χ2n) is 13.9. The van der Waals surface area contributed by atoms with Crippen LogP contribution in [0.15, 0.2) is 174 Å². The first-order chi connectivity index (χ1) is 26.3. The molecule has 8 aromatic carbocycles. The van der Waals surface area contributed by atoms with Crippen molar-refractivity contribution in [3.63, 3.8) is 0 Å². The minimum absolute atomic E-state index is 0.333. The van der Waals surface area contributed by atoms with Gasteiger partial charge in [-0.05, 0) is 76.9 Å². The summed E-state index contributed by atoms with van der Waals surface area (Å²) in [6, 6.07) is 59.9. The van der Waals surface area contributed by atoms with Crippen molar-refractivity contribution in [2.24, 2.45) is 0 Å². The number of furan rings is 1. The quantitative estimate of drug-likeness (QED) is 0.175. The van der Waals surface area contributed by atoms with Crippen molar-refractivity contribution in [1.29, 1.82) is 0 Å². The molecular weight excluding hydrogens is 649 g/mol. The molecule has 53 heavy (non-hydrogen) atoms. The van der Waals surface area contributed by atoms with E-state index in [1.165, 1.54) is 21.8 Å². The molecule has 0 saturated heterocycles. The average molecular weight is 678 g/mol. The Balaban J connectivity index is 1.05. The highest BCUT2D eigenvalue weighted by atomic mass is 16.5. The number of ether oxygens (including phenoxy) is 1. The van der Waals surface area contributed by atoms with Crippen LogP contribution >= 0.6 is 0 Å². The first kappa shape index (κ1) is 28.7. The van der Waals surface area contributed by atoms with E-state index in [2.05, 4.69) is 156 Å². The third kappa shape index (κ3) is 4.07. The molecule has 2 aromatic heterocycles. The molecule has 246 valence electrons. The SMILES string of the molecule is c1ccc2c(c1)OB1c3cc(-n4c5ccccc5c5ccccc54)ccc3Oc3cc(-c4ccccc4-c4cccc5c4oc4ccccc45)cc-2c31. The standard InChI is InChI=1S/C48H28BNO3/c1-2-13-32(37-18-11-19-38-35-16-5-9-22-43(35)52-48(37)38)31(12-1)29-26-39-36-17-6-10-23-44(36)53-49-40-28-30(24-25-45(40)51-46(27-29)47(39)49)50-41-20-7-3-14-33(41)34-15-4-8-21-42(34)50/h1-28H. The van der Waals surface area contributed by atoms with E-state index in [1.807, 2.05) is 18.2 Å². The second kappa shape index (κ2) is 10.8. The van der Waals surface area contributed by atoms with Crippen LogP contribution in [0.1, 0.15) is 0 Å². The maximum absolute atomic E-state index is 6.93. The van der Waals surface area contributed by atoms with E-state index < -0.39 is 0 Å². The molecule has 4 nitrogen and oxygen atoms in total. The third-order valence-electron chi connectivity index (χ3n) is 11.1. The van der Waals surface area contributed by atoms with Gasteiger partial charge in [0.2, 0.25) is 0 Å². The van der Waals surface area contributed by atoms with Crippen LogP contribution in [0.2, 0.25) is 0 Å². The topological polar surface area (TPSA) is 36.5 Å². The lowest BCUT2D eigenvalue weighted by molar-refractivity contribution is 0.479. The molecule has 0 bridgehead atoms. The summed E-state index contributed by atoms with van der Waals surface area (Å²) in [6.07, 6.45) is 0. The number of hydrogen-bond acceptors (Lipinski definition) is 3. The Bertz CT molecular complexity index is 3100. The van der Waals surface area contributed by atoms with E-state index in [4.69, 9.17) is 13.8 Å². The predicted octanol–water partition coefficient (Wildman–Crippen LogP) is 11.3. The Morgan fingerprint density at radius 2 is 1.09 bits per heavy atom. The summed E-state index contributed by atoms with van der Waals surface area (Å²) in [5.74, 6) is 2.48. The van der Waals surface area contributed by atoms with Crippen molar-refractivity contribution in [3.8, 4) is 56.3 Å². The molecule has 0 aliphatic carbocycles. The minimum atomic E-state index is -0.333. The van der Waals surface area contributed by atoms with Crippen molar-refractivity contribution < 1.29 is 13.8 Å². The number of hydrogen-bond donors (Lipinski definition) is 0. The molecule has 0 amide bonds. The highest BCUT2D eigenvalue weighted by Gasteiger charge is 2.41. The predicted molar refractivity (Wildman–Crippen MR) is 217 cm³/mol. The molecule has 0 spiro atoms. The third-order valence-corrected chi connectivity index (χ3v) is 11.1. The molecule has 10 aromatic rings. The summed E-state index contributed by atoms with van der Waals surface area (Å²) in [5, 5.41) is 4.70. The smallest absolute Gasteiger partial charge is 0.434 e. The Kier molecular flexibility index (Phi) is 5.83. The van der Waals surface area contributed by atoms with Crippen molar-refractivity contribution >= 4 is 61.6 Å². The molecular formula is C48H28BNO3. The van der Waals surface area contributed by atoms with Gasteiger partial charge in [0.15, 0.2) is 0 Å². The largest absolute Gasteiger partial charge is 0.551 e. The highest BCUT2D eigenvalue weighted by Crippen LogP contribution is 2.45. The van der Waals surface area contributed by atoms with Gasteiger partial charge in [0, 0.05) is 49.3 Å². The van der Waals surface area contributed by atoms with Gasteiger partial charge in [0.1, 0.15) is 28.4 Å². The molecule has 12 rings (SSSR count). The van der Waals surface area contributed by atoms with Gasteiger partial charge >= 0.3 is 6.92 Å². The maximum atomic E-state index is 6.93. The molecule has 0 fully saturated rings. The van der Waals surface area contributed by atoms with Gasteiger partial charge in [-0.25, -0.2) is 0 Å². The van der Waals surface area contributed by atoms with E-state index in [1.54, 1.807) is 0 Å². The Hall–Kier alpha value is -6.98. The summed E-state index contributed by atoms with van der Waals surface area (Å²) in [6.45, 7) is -0.333. The van der Waals surface area contributed by atoms with E-state index in [9.17, 15) is 0 Å². The Morgan fingerprint density at radius 3 is 1.92 bits per heavy atom. The van der Waals surface area contributed by atoms with Gasteiger partial charge in [-0.1, -0.05) is 115 Å². The van der Waals surface area contributed by atoms with Crippen LogP contribution in [-0.4, -0.2) is 11.5 Å². The molecule has 0 saturated carbocycles. The number of nitrogens with zero attached hydrogens (tertiary/aromatic N) is 1. The fourth-order valence-electron chi connectivity index (χ4n) is 8.78. The normalized spacial score (nSPS) is 12.8. The van der Waals surface area contributed by atoms with E-state index in [0.29, 0.717) is 0 Å². The molecule has 0 radical (unpaired) electrons. The van der Waals surface area contributed by atoms with Crippen molar-refractivity contribution in [3.05, 3.63) is 170 Å². The lowest BCUT2D eigenvalue weighted by Crippen LogP contribution is -2.53. The monoisotopic (exact) mass is 677 g/mol. The van der Waals surface area contributed by atoms with Crippen molar-refractivity contribution in [2.45, 2.75) is 0 Å². The zero-order chi connectivity index (χ0) is 34.6. The molecule has 0 N–H and O–H groups in total. The molecule has 4 heterocycles. The van der Waals surface area contributed by atoms with Gasteiger partial charge in [-0.3, -0.25) is 0 Å². The summed E-state index contributed by atoms with van der Waals surface area (Å²) in [7, 11) is 0. The van der Waals surface area contributed by atoms with Crippen LogP contribution in [0.5, 0.6) is 17.2 Å². The summed E-state index contributed by atoms with van der Waals surface area (Å²) in [5.41, 5.74) is 13.8. The van der Waals surface area contributed by atoms with Crippen LogP contribution < -0.4 is 20.3 Å². The maximum Gasteiger partial charge on any atom is 0.434 e. The fourth-order valence-corrected chi connectivity index (χ4v) is 8.78. The number of para-hydroxylation sites is 5. The minimum Gasteiger partial charge on any atom is -0.551 e. The van der Waals surface area contributed by atoms with E-state index >= 15 is 0 Å². The number of fused-ring (bicyclic) bond motifs is 10. The van der Waals surface area contributed by atoms with Crippen molar-refractivity contribution in [1.82, 2.24) is 4.57 Å². The average Bonchev–Trinajstić information content (AvgIpc) is 3.77.